The van der Waals surface area contributed by atoms with Crippen molar-refractivity contribution in [3.05, 3.63) is 63.6 Å². The number of halogens is 2. The molecule has 35 heavy (non-hydrogen) atoms. The van der Waals surface area contributed by atoms with Crippen molar-refractivity contribution in [1.82, 2.24) is 10.2 Å². The first kappa shape index (κ1) is 28.9. The number of amides is 2. The lowest BCUT2D eigenvalue weighted by Crippen LogP contribution is -2.53. The molecule has 10 heteroatoms. The second-order valence-electron chi connectivity index (χ2n) is 8.59. The van der Waals surface area contributed by atoms with Gasteiger partial charge in [-0.05, 0) is 62.1 Å². The lowest BCUT2D eigenvalue weighted by molar-refractivity contribution is -0.140. The van der Waals surface area contributed by atoms with Crippen LogP contribution in [0.1, 0.15) is 44.7 Å². The van der Waals surface area contributed by atoms with Crippen LogP contribution in [0.5, 0.6) is 0 Å². The molecule has 0 fully saturated rings. The molecule has 0 heterocycles. The molecule has 0 aliphatic heterocycles. The van der Waals surface area contributed by atoms with Gasteiger partial charge in [-0.1, -0.05) is 55.2 Å². The molecule has 2 aromatic rings. The van der Waals surface area contributed by atoms with E-state index < -0.39 is 28.5 Å². The van der Waals surface area contributed by atoms with E-state index in [4.69, 9.17) is 23.2 Å². The summed E-state index contributed by atoms with van der Waals surface area (Å²) in [7, 11) is -3.82. The highest BCUT2D eigenvalue weighted by Crippen LogP contribution is 2.25. The molecule has 0 spiro atoms. The molecule has 0 unspecified atom stereocenters. The van der Waals surface area contributed by atoms with Gasteiger partial charge < -0.3 is 10.2 Å². The van der Waals surface area contributed by atoms with E-state index in [2.05, 4.69) is 5.32 Å². The number of rotatable bonds is 11. The number of benzene rings is 2. The Morgan fingerprint density at radius 2 is 1.66 bits per heavy atom. The average molecular weight is 543 g/mol. The van der Waals surface area contributed by atoms with Crippen LogP contribution in [0.2, 0.25) is 10.0 Å². The third-order valence-electron chi connectivity index (χ3n) is 5.78. The smallest absolute Gasteiger partial charge is 0.244 e. The number of hydrogen-bond donors (Lipinski definition) is 1. The fraction of sp³-hybridized carbons (Fsp3) is 0.440. The van der Waals surface area contributed by atoms with Gasteiger partial charge in [0.25, 0.3) is 0 Å². The minimum absolute atomic E-state index is 0.0637. The monoisotopic (exact) mass is 541 g/mol. The molecule has 0 aromatic heterocycles. The van der Waals surface area contributed by atoms with Gasteiger partial charge in [0.2, 0.25) is 21.8 Å². The van der Waals surface area contributed by atoms with Gasteiger partial charge >= 0.3 is 0 Å². The first-order valence-corrected chi connectivity index (χ1v) is 14.1. The van der Waals surface area contributed by atoms with Gasteiger partial charge in [-0.2, -0.15) is 0 Å². The summed E-state index contributed by atoms with van der Waals surface area (Å²) in [6.45, 7) is 7.12. The largest absolute Gasteiger partial charge is 0.352 e. The van der Waals surface area contributed by atoms with Gasteiger partial charge in [0.05, 0.1) is 11.9 Å². The van der Waals surface area contributed by atoms with E-state index in [-0.39, 0.29) is 24.2 Å². The maximum Gasteiger partial charge on any atom is 0.244 e. The molecule has 7 nitrogen and oxygen atoms in total. The summed E-state index contributed by atoms with van der Waals surface area (Å²) < 4.78 is 26.3. The molecule has 0 aliphatic carbocycles. The van der Waals surface area contributed by atoms with Gasteiger partial charge in [-0.3, -0.25) is 13.9 Å². The van der Waals surface area contributed by atoms with Crippen LogP contribution in [0.4, 0.5) is 5.69 Å². The molecule has 2 rings (SSSR count). The molecule has 2 atom stereocenters. The summed E-state index contributed by atoms with van der Waals surface area (Å²) in [5.74, 6) is -0.790. The number of hydrogen-bond acceptors (Lipinski definition) is 4. The summed E-state index contributed by atoms with van der Waals surface area (Å²) >= 11 is 12.2. The number of sulfonamides is 1. The summed E-state index contributed by atoms with van der Waals surface area (Å²) in [5.41, 5.74) is 1.83. The lowest BCUT2D eigenvalue weighted by atomic mass is 10.1. The predicted molar refractivity (Wildman–Crippen MR) is 142 cm³/mol. The molecule has 0 bridgehead atoms. The Morgan fingerprint density at radius 3 is 2.17 bits per heavy atom. The summed E-state index contributed by atoms with van der Waals surface area (Å²) in [6, 6.07) is 10.9. The third-order valence-corrected chi connectivity index (χ3v) is 7.58. The predicted octanol–water partition coefficient (Wildman–Crippen LogP) is 4.79. The Labute approximate surface area is 218 Å². The molecular weight excluding hydrogens is 509 g/mol. The van der Waals surface area contributed by atoms with Crippen LogP contribution in [0.3, 0.4) is 0 Å². The SMILES string of the molecule is CC[C@H](C)NC(=O)[C@H](CC)N(Cc1ccc(Cl)cc1)C(=O)CN(c1ccc(C)c(Cl)c1)S(C)(=O)=O. The van der Waals surface area contributed by atoms with E-state index in [0.717, 1.165) is 28.1 Å². The Hall–Kier alpha value is -2.29. The zero-order valence-corrected chi connectivity index (χ0v) is 23.0. The molecule has 2 aromatic carbocycles. The standard InChI is InChI=1S/C25H33Cl2N3O4S/c1-6-18(4)28-25(32)23(7-2)29(15-19-9-11-20(26)12-10-19)24(31)16-30(35(5,33)34)21-13-8-17(3)22(27)14-21/h8-14,18,23H,6-7,15-16H2,1-5H3,(H,28,32)/t18-,23-/m0/s1. The van der Waals surface area contributed by atoms with Crippen molar-refractivity contribution < 1.29 is 18.0 Å². The van der Waals surface area contributed by atoms with Crippen LogP contribution in [0.15, 0.2) is 42.5 Å². The highest BCUT2D eigenvalue weighted by atomic mass is 35.5. The van der Waals surface area contributed by atoms with Gasteiger partial charge in [-0.25, -0.2) is 8.42 Å². The van der Waals surface area contributed by atoms with E-state index >= 15 is 0 Å². The van der Waals surface area contributed by atoms with Crippen molar-refractivity contribution >= 4 is 50.7 Å². The number of carbonyl (C=O) groups excluding carboxylic acids is 2. The fourth-order valence-electron chi connectivity index (χ4n) is 3.50. The van der Waals surface area contributed by atoms with Crippen LogP contribution in [-0.4, -0.2) is 50.0 Å². The highest BCUT2D eigenvalue weighted by Gasteiger charge is 2.32. The second-order valence-corrected chi connectivity index (χ2v) is 11.3. The van der Waals surface area contributed by atoms with Crippen molar-refractivity contribution in [2.24, 2.45) is 0 Å². The number of carbonyl (C=O) groups is 2. The van der Waals surface area contributed by atoms with Crippen molar-refractivity contribution in [3.8, 4) is 0 Å². The maximum absolute atomic E-state index is 13.6. The number of anilines is 1. The number of aryl methyl sites for hydroxylation is 1. The van der Waals surface area contributed by atoms with E-state index in [9.17, 15) is 18.0 Å². The van der Waals surface area contributed by atoms with Gasteiger partial charge in [0.15, 0.2) is 0 Å². The van der Waals surface area contributed by atoms with Crippen molar-refractivity contribution in [1.29, 1.82) is 0 Å². The van der Waals surface area contributed by atoms with E-state index in [1.54, 1.807) is 43.3 Å². The molecule has 0 aliphatic rings. The third kappa shape index (κ3) is 8.12. The number of nitrogens with one attached hydrogen (secondary N) is 1. The Bertz CT molecular complexity index is 1140. The number of nitrogens with zero attached hydrogens (tertiary/aromatic N) is 2. The normalized spacial score (nSPS) is 13.1. The van der Waals surface area contributed by atoms with E-state index in [1.807, 2.05) is 20.8 Å². The van der Waals surface area contributed by atoms with Gasteiger partial charge in [0.1, 0.15) is 12.6 Å². The lowest BCUT2D eigenvalue weighted by Gasteiger charge is -2.33. The molecule has 1 N–H and O–H groups in total. The van der Waals surface area contributed by atoms with Crippen molar-refractivity contribution in [2.75, 3.05) is 17.1 Å². The molecule has 0 saturated carbocycles. The molecular formula is C25H33Cl2N3O4S. The topological polar surface area (TPSA) is 86.8 Å². The van der Waals surface area contributed by atoms with E-state index in [0.29, 0.717) is 16.5 Å². The Balaban J connectivity index is 2.45. The average Bonchev–Trinajstić information content (AvgIpc) is 2.79. The van der Waals surface area contributed by atoms with E-state index in [1.165, 1.54) is 11.0 Å². The highest BCUT2D eigenvalue weighted by molar-refractivity contribution is 7.92. The minimum atomic E-state index is -3.82. The first-order chi connectivity index (χ1) is 16.4. The maximum atomic E-state index is 13.6. The molecule has 0 radical (unpaired) electrons. The van der Waals surface area contributed by atoms with Crippen LogP contribution in [-0.2, 0) is 26.2 Å². The van der Waals surface area contributed by atoms with Gasteiger partial charge in [-0.15, -0.1) is 0 Å². The molecule has 192 valence electrons. The Morgan fingerprint density at radius 1 is 1.03 bits per heavy atom. The molecule has 0 saturated heterocycles. The van der Waals surface area contributed by atoms with Crippen LogP contribution in [0.25, 0.3) is 0 Å². The summed E-state index contributed by atoms with van der Waals surface area (Å²) in [5, 5.41) is 3.88. The quantitative estimate of drug-likeness (QED) is 0.443. The minimum Gasteiger partial charge on any atom is -0.352 e. The fourth-order valence-corrected chi connectivity index (χ4v) is 4.64. The summed E-state index contributed by atoms with van der Waals surface area (Å²) in [4.78, 5) is 28.2. The first-order valence-electron chi connectivity index (χ1n) is 11.5. The summed E-state index contributed by atoms with van der Waals surface area (Å²) in [6.07, 6.45) is 2.13. The van der Waals surface area contributed by atoms with Crippen LogP contribution < -0.4 is 9.62 Å². The van der Waals surface area contributed by atoms with Crippen molar-refractivity contribution in [3.63, 3.8) is 0 Å². The zero-order chi connectivity index (χ0) is 26.3. The van der Waals surface area contributed by atoms with Crippen molar-refractivity contribution in [2.45, 2.75) is 59.2 Å². The van der Waals surface area contributed by atoms with Crippen LogP contribution >= 0.6 is 23.2 Å². The Kier molecular flexibility index (Phi) is 10.4. The van der Waals surface area contributed by atoms with Gasteiger partial charge in [0, 0.05) is 22.6 Å². The molecule has 2 amide bonds. The zero-order valence-electron chi connectivity index (χ0n) is 20.7. The second kappa shape index (κ2) is 12.6. The van der Waals surface area contributed by atoms with Crippen LogP contribution in [0, 0.1) is 6.92 Å².